The van der Waals surface area contributed by atoms with Crippen LogP contribution in [0.5, 0.6) is 0 Å². The van der Waals surface area contributed by atoms with Crippen LogP contribution in [-0.2, 0) is 9.59 Å². The van der Waals surface area contributed by atoms with E-state index in [0.717, 1.165) is 28.7 Å². The van der Waals surface area contributed by atoms with Crippen LogP contribution in [0.4, 0.5) is 0 Å². The number of hydrogen-bond donors (Lipinski definition) is 2. The highest BCUT2D eigenvalue weighted by atomic mass is 32.2. The lowest BCUT2D eigenvalue weighted by Crippen LogP contribution is -2.34. The summed E-state index contributed by atoms with van der Waals surface area (Å²) >= 11 is 2.94. The van der Waals surface area contributed by atoms with Crippen molar-refractivity contribution in [2.45, 2.75) is 24.0 Å². The lowest BCUT2D eigenvalue weighted by Gasteiger charge is -2.07. The minimum Gasteiger partial charge on any atom is -0.368 e. The van der Waals surface area contributed by atoms with Crippen LogP contribution in [-0.4, -0.2) is 38.9 Å². The van der Waals surface area contributed by atoms with E-state index in [9.17, 15) is 9.59 Å². The molecule has 2 aromatic rings. The number of nitrogens with zero attached hydrogens (tertiary/aromatic N) is 3. The van der Waals surface area contributed by atoms with Crippen molar-refractivity contribution in [3.63, 3.8) is 0 Å². The first-order valence-corrected chi connectivity index (χ1v) is 8.68. The molecule has 3 N–H and O–H groups in total. The third-order valence-corrected chi connectivity index (χ3v) is 4.92. The van der Waals surface area contributed by atoms with Gasteiger partial charge in [-0.2, -0.15) is 0 Å². The van der Waals surface area contributed by atoms with Crippen molar-refractivity contribution in [2.24, 2.45) is 5.73 Å². The Balaban J connectivity index is 1.69. The molecule has 22 heavy (non-hydrogen) atoms. The molecule has 0 spiro atoms. The smallest absolute Gasteiger partial charge is 0.236 e. The molecule has 0 atom stereocenters. The molecule has 1 saturated carbocycles. The molecule has 3 rings (SSSR count). The molecule has 2 heterocycles. The summed E-state index contributed by atoms with van der Waals surface area (Å²) in [4.78, 5) is 23.4. The highest BCUT2D eigenvalue weighted by molar-refractivity contribution is 7.99. The summed E-state index contributed by atoms with van der Waals surface area (Å²) in [6.07, 6.45) is 2.22. The second-order valence-corrected chi connectivity index (χ2v) is 6.81. The summed E-state index contributed by atoms with van der Waals surface area (Å²) in [6.45, 7) is -0.144. The van der Waals surface area contributed by atoms with E-state index in [1.165, 1.54) is 11.8 Å². The molecule has 7 nitrogen and oxygen atoms in total. The molecule has 0 aromatic carbocycles. The monoisotopic (exact) mass is 337 g/mol. The van der Waals surface area contributed by atoms with Gasteiger partial charge in [-0.15, -0.1) is 21.5 Å². The fraction of sp³-hybridized carbons (Fsp3) is 0.385. The van der Waals surface area contributed by atoms with Crippen LogP contribution in [0.2, 0.25) is 0 Å². The van der Waals surface area contributed by atoms with E-state index in [1.54, 1.807) is 11.3 Å². The average molecular weight is 337 g/mol. The number of nitrogens with one attached hydrogen (secondary N) is 1. The van der Waals surface area contributed by atoms with Gasteiger partial charge in [0.15, 0.2) is 11.0 Å². The number of amides is 2. The second-order valence-electron chi connectivity index (χ2n) is 4.92. The van der Waals surface area contributed by atoms with Gasteiger partial charge in [-0.05, 0) is 24.3 Å². The Hall–Kier alpha value is -1.87. The summed E-state index contributed by atoms with van der Waals surface area (Å²) in [5.74, 6) is 0.242. The number of thiophene rings is 1. The van der Waals surface area contributed by atoms with E-state index < -0.39 is 5.91 Å². The summed E-state index contributed by atoms with van der Waals surface area (Å²) in [6, 6.07) is 4.42. The molecule has 1 aliphatic rings. The topological polar surface area (TPSA) is 103 Å². The second kappa shape index (κ2) is 6.49. The van der Waals surface area contributed by atoms with Crippen LogP contribution in [0.15, 0.2) is 22.7 Å². The molecule has 2 aromatic heterocycles. The molecule has 116 valence electrons. The van der Waals surface area contributed by atoms with Crippen LogP contribution < -0.4 is 11.1 Å². The van der Waals surface area contributed by atoms with E-state index >= 15 is 0 Å². The van der Waals surface area contributed by atoms with Crippen molar-refractivity contribution < 1.29 is 9.59 Å². The van der Waals surface area contributed by atoms with Crippen molar-refractivity contribution in [1.82, 2.24) is 20.1 Å². The molecule has 2 amide bonds. The van der Waals surface area contributed by atoms with Gasteiger partial charge in [0.2, 0.25) is 11.8 Å². The largest absolute Gasteiger partial charge is 0.368 e. The zero-order valence-corrected chi connectivity index (χ0v) is 13.3. The normalized spacial score (nSPS) is 14.0. The molecule has 1 aliphatic carbocycles. The number of aromatic nitrogens is 3. The molecule has 0 aliphatic heterocycles. The van der Waals surface area contributed by atoms with Crippen LogP contribution in [0.1, 0.15) is 18.9 Å². The maximum absolute atomic E-state index is 11.7. The van der Waals surface area contributed by atoms with Gasteiger partial charge in [0.1, 0.15) is 0 Å². The Morgan fingerprint density at radius 3 is 2.91 bits per heavy atom. The molecule has 1 fully saturated rings. The number of carbonyl (C=O) groups excluding carboxylic acids is 2. The molecule has 0 unspecified atom stereocenters. The number of primary amides is 1. The van der Waals surface area contributed by atoms with Crippen LogP contribution >= 0.6 is 23.1 Å². The van der Waals surface area contributed by atoms with Crippen LogP contribution in [0, 0.1) is 0 Å². The minimum atomic E-state index is -0.556. The van der Waals surface area contributed by atoms with Gasteiger partial charge in [-0.3, -0.25) is 14.2 Å². The summed E-state index contributed by atoms with van der Waals surface area (Å²) in [7, 11) is 0. The highest BCUT2D eigenvalue weighted by Gasteiger charge is 2.30. The number of thioether (sulfide) groups is 1. The summed E-state index contributed by atoms with van der Waals surface area (Å²) in [5.41, 5.74) is 4.99. The molecule has 0 saturated heterocycles. The first kappa shape index (κ1) is 15.0. The Labute approximate surface area is 135 Å². The third kappa shape index (κ3) is 3.47. The molecular formula is C13H15N5O2S2. The molecule has 0 radical (unpaired) electrons. The highest BCUT2D eigenvalue weighted by Crippen LogP contribution is 2.41. The van der Waals surface area contributed by atoms with Gasteiger partial charge >= 0.3 is 0 Å². The Morgan fingerprint density at radius 2 is 2.27 bits per heavy atom. The van der Waals surface area contributed by atoms with Gasteiger partial charge in [-0.25, -0.2) is 0 Å². The molecular weight excluding hydrogens is 322 g/mol. The van der Waals surface area contributed by atoms with Crippen LogP contribution in [0.25, 0.3) is 10.7 Å². The molecule has 0 bridgehead atoms. The number of nitrogens with two attached hydrogens (primary N) is 1. The lowest BCUT2D eigenvalue weighted by molar-refractivity contribution is -0.123. The SMILES string of the molecule is NC(=O)CNC(=O)CSc1nnc(-c2cccs2)n1C1CC1. The Bertz CT molecular complexity index is 679. The van der Waals surface area contributed by atoms with Crippen molar-refractivity contribution in [2.75, 3.05) is 12.3 Å². The predicted molar refractivity (Wildman–Crippen MR) is 84.5 cm³/mol. The summed E-state index contributed by atoms with van der Waals surface area (Å²) < 4.78 is 2.11. The summed E-state index contributed by atoms with van der Waals surface area (Å²) in [5, 5.41) is 13.7. The number of rotatable bonds is 7. The van der Waals surface area contributed by atoms with Crippen molar-refractivity contribution >= 4 is 34.9 Å². The maximum atomic E-state index is 11.7. The van der Waals surface area contributed by atoms with Crippen molar-refractivity contribution in [1.29, 1.82) is 0 Å². The van der Waals surface area contributed by atoms with E-state index in [0.29, 0.717) is 6.04 Å². The fourth-order valence-electron chi connectivity index (χ4n) is 1.98. The number of carbonyl (C=O) groups is 2. The standard InChI is InChI=1S/C13H15N5O2S2/c14-10(19)6-15-11(20)7-22-13-17-16-12(9-2-1-5-21-9)18(13)8-3-4-8/h1-2,5,8H,3-4,6-7H2,(H2,14,19)(H,15,20). The van der Waals surface area contributed by atoms with Gasteiger partial charge in [0, 0.05) is 6.04 Å². The van der Waals surface area contributed by atoms with Gasteiger partial charge in [0.05, 0.1) is 17.2 Å². The first-order chi connectivity index (χ1) is 10.6. The van der Waals surface area contributed by atoms with E-state index in [1.807, 2.05) is 17.5 Å². The minimum absolute atomic E-state index is 0.144. The van der Waals surface area contributed by atoms with E-state index in [2.05, 4.69) is 20.1 Å². The van der Waals surface area contributed by atoms with Crippen LogP contribution in [0.3, 0.4) is 0 Å². The van der Waals surface area contributed by atoms with E-state index in [4.69, 9.17) is 5.73 Å². The van der Waals surface area contributed by atoms with E-state index in [-0.39, 0.29) is 18.2 Å². The zero-order chi connectivity index (χ0) is 15.5. The average Bonchev–Trinajstić information content (AvgIpc) is 3.02. The Kier molecular flexibility index (Phi) is 4.44. The van der Waals surface area contributed by atoms with Crippen molar-refractivity contribution in [3.05, 3.63) is 17.5 Å². The zero-order valence-electron chi connectivity index (χ0n) is 11.7. The number of hydrogen-bond acceptors (Lipinski definition) is 6. The molecule has 9 heteroatoms. The fourth-order valence-corrected chi connectivity index (χ4v) is 3.52. The van der Waals surface area contributed by atoms with Gasteiger partial charge in [-0.1, -0.05) is 17.8 Å². The quantitative estimate of drug-likeness (QED) is 0.735. The first-order valence-electron chi connectivity index (χ1n) is 6.81. The van der Waals surface area contributed by atoms with Gasteiger partial charge < -0.3 is 11.1 Å². The van der Waals surface area contributed by atoms with Gasteiger partial charge in [0.25, 0.3) is 0 Å². The Morgan fingerprint density at radius 1 is 1.45 bits per heavy atom. The lowest BCUT2D eigenvalue weighted by atomic mass is 10.4. The maximum Gasteiger partial charge on any atom is 0.236 e. The predicted octanol–water partition coefficient (Wildman–Crippen LogP) is 1.04. The van der Waals surface area contributed by atoms with Crippen molar-refractivity contribution in [3.8, 4) is 10.7 Å². The third-order valence-electron chi connectivity index (χ3n) is 3.11.